The van der Waals surface area contributed by atoms with Crippen LogP contribution < -0.4 is 11.1 Å². The Labute approximate surface area is 191 Å². The molecule has 4 aromatic rings. The van der Waals surface area contributed by atoms with Gasteiger partial charge >= 0.3 is 6.09 Å². The van der Waals surface area contributed by atoms with Gasteiger partial charge in [0.2, 0.25) is 0 Å². The van der Waals surface area contributed by atoms with E-state index >= 15 is 0 Å². The van der Waals surface area contributed by atoms with Gasteiger partial charge in [-0.15, -0.1) is 0 Å². The second-order valence-electron chi connectivity index (χ2n) is 9.43. The molecule has 1 aliphatic carbocycles. The molecule has 3 aromatic heterocycles. The first kappa shape index (κ1) is 20.9. The number of carbonyl (C=O) groups excluding carboxylic acids is 1. The summed E-state index contributed by atoms with van der Waals surface area (Å²) in [6.45, 7) is 10.1. The normalized spacial score (nSPS) is 16.1. The number of aromatic nitrogens is 4. The second-order valence-corrected chi connectivity index (χ2v) is 9.43. The van der Waals surface area contributed by atoms with Crippen molar-refractivity contribution in [3.63, 3.8) is 0 Å². The van der Waals surface area contributed by atoms with Gasteiger partial charge in [0.05, 0.1) is 11.2 Å². The molecule has 1 unspecified atom stereocenters. The number of nitrogen functional groups attached to an aromatic ring is 1. The van der Waals surface area contributed by atoms with Crippen molar-refractivity contribution in [3.8, 4) is 11.1 Å². The number of carbonyl (C=O) groups is 1. The van der Waals surface area contributed by atoms with E-state index in [1.54, 1.807) is 4.52 Å². The first-order valence-corrected chi connectivity index (χ1v) is 10.9. The highest BCUT2D eigenvalue weighted by molar-refractivity contribution is 5.99. The lowest BCUT2D eigenvalue weighted by Crippen LogP contribution is -2.43. The molecule has 0 saturated carbocycles. The molecule has 0 bridgehead atoms. The Kier molecular flexibility index (Phi) is 4.81. The molecule has 3 heterocycles. The Hall–Kier alpha value is -3.94. The lowest BCUT2D eigenvalue weighted by atomic mass is 9.87. The number of hydrogen-bond donors (Lipinski definition) is 2. The van der Waals surface area contributed by atoms with E-state index in [9.17, 15) is 4.79 Å². The number of pyridine rings is 1. The van der Waals surface area contributed by atoms with E-state index in [0.717, 1.165) is 38.9 Å². The number of nitrogens with one attached hydrogen (secondary N) is 1. The summed E-state index contributed by atoms with van der Waals surface area (Å²) in [6, 6.07) is 10.1. The lowest BCUT2D eigenvalue weighted by molar-refractivity contribution is 0.0914. The number of fused-ring (bicyclic) bond motifs is 4. The van der Waals surface area contributed by atoms with Gasteiger partial charge in [-0.05, 0) is 38.5 Å². The minimum atomic E-state index is -0.447. The van der Waals surface area contributed by atoms with Crippen molar-refractivity contribution < 1.29 is 9.53 Å². The highest BCUT2D eigenvalue weighted by Gasteiger charge is 2.33. The lowest BCUT2D eigenvalue weighted by Gasteiger charge is -2.27. The van der Waals surface area contributed by atoms with E-state index < -0.39 is 6.09 Å². The predicted octanol–water partition coefficient (Wildman–Crippen LogP) is 4.38. The molecular formula is C25H26N6O2. The predicted molar refractivity (Wildman–Crippen MR) is 129 cm³/mol. The summed E-state index contributed by atoms with van der Waals surface area (Å²) in [6.07, 6.45) is 3.48. The number of benzene rings is 1. The third-order valence-electron chi connectivity index (χ3n) is 5.73. The van der Waals surface area contributed by atoms with Crippen LogP contribution >= 0.6 is 0 Å². The molecule has 0 radical (unpaired) electrons. The van der Waals surface area contributed by atoms with Crippen LogP contribution in [0.4, 0.5) is 10.6 Å². The van der Waals surface area contributed by atoms with E-state index in [-0.39, 0.29) is 11.6 Å². The highest BCUT2D eigenvalue weighted by Crippen LogP contribution is 2.43. The number of hydrogen-bond acceptors (Lipinski definition) is 6. The van der Waals surface area contributed by atoms with E-state index in [2.05, 4.69) is 33.0 Å². The van der Waals surface area contributed by atoms with Crippen molar-refractivity contribution in [1.82, 2.24) is 24.9 Å². The van der Waals surface area contributed by atoms with Gasteiger partial charge in [-0.1, -0.05) is 24.8 Å². The molecule has 33 heavy (non-hydrogen) atoms. The van der Waals surface area contributed by atoms with Crippen LogP contribution in [0.1, 0.15) is 38.4 Å². The minimum Gasteiger partial charge on any atom is -0.445 e. The molecule has 1 aromatic carbocycles. The molecule has 0 spiro atoms. The maximum Gasteiger partial charge on any atom is 0.407 e. The zero-order valence-electron chi connectivity index (χ0n) is 18.9. The quantitative estimate of drug-likeness (QED) is 0.477. The topological polar surface area (TPSA) is 107 Å². The van der Waals surface area contributed by atoms with E-state index in [4.69, 9.17) is 10.5 Å². The smallest absolute Gasteiger partial charge is 0.407 e. The van der Waals surface area contributed by atoms with Gasteiger partial charge in [0, 0.05) is 46.7 Å². The largest absolute Gasteiger partial charge is 0.445 e. The molecular weight excluding hydrogens is 416 g/mol. The van der Waals surface area contributed by atoms with Gasteiger partial charge in [0.1, 0.15) is 17.9 Å². The van der Waals surface area contributed by atoms with Crippen molar-refractivity contribution in [1.29, 1.82) is 0 Å². The molecule has 1 atom stereocenters. The molecule has 1 amide bonds. The third kappa shape index (κ3) is 3.77. The first-order chi connectivity index (χ1) is 15.7. The summed E-state index contributed by atoms with van der Waals surface area (Å²) < 4.78 is 7.53. The van der Waals surface area contributed by atoms with Gasteiger partial charge in [-0.2, -0.15) is 5.10 Å². The Morgan fingerprint density at radius 3 is 2.79 bits per heavy atom. The van der Waals surface area contributed by atoms with Gasteiger partial charge in [-0.25, -0.2) is 14.3 Å². The van der Waals surface area contributed by atoms with E-state index in [0.29, 0.717) is 24.2 Å². The number of nitrogens with two attached hydrogens (primary N) is 1. The summed E-state index contributed by atoms with van der Waals surface area (Å²) in [5, 5.41) is 8.36. The number of amides is 1. The van der Waals surface area contributed by atoms with E-state index in [1.165, 1.54) is 6.33 Å². The number of para-hydroxylation sites is 1. The number of anilines is 1. The molecule has 5 rings (SSSR count). The molecule has 0 fully saturated rings. The highest BCUT2D eigenvalue weighted by atomic mass is 16.6. The van der Waals surface area contributed by atoms with Crippen LogP contribution in [0.15, 0.2) is 49.4 Å². The fourth-order valence-corrected chi connectivity index (χ4v) is 4.47. The Morgan fingerprint density at radius 1 is 1.21 bits per heavy atom. The summed E-state index contributed by atoms with van der Waals surface area (Å²) in [5.74, 6) is 0.373. The van der Waals surface area contributed by atoms with E-state index in [1.807, 2.05) is 51.2 Å². The molecule has 0 aliphatic heterocycles. The molecule has 168 valence electrons. The summed E-state index contributed by atoms with van der Waals surface area (Å²) in [7, 11) is 0. The average Bonchev–Trinajstić information content (AvgIpc) is 3.08. The van der Waals surface area contributed by atoms with Gasteiger partial charge in [-0.3, -0.25) is 4.98 Å². The molecule has 1 aliphatic rings. The zero-order valence-corrected chi connectivity index (χ0v) is 18.9. The molecule has 3 N–H and O–H groups in total. The average molecular weight is 443 g/mol. The van der Waals surface area contributed by atoms with Crippen LogP contribution in [0, 0.1) is 0 Å². The molecule has 8 heteroatoms. The Morgan fingerprint density at radius 2 is 2.00 bits per heavy atom. The van der Waals surface area contributed by atoms with Crippen LogP contribution in [0.5, 0.6) is 0 Å². The summed E-state index contributed by atoms with van der Waals surface area (Å²) >= 11 is 0. The Balaban J connectivity index is 1.62. The van der Waals surface area contributed by atoms with Crippen molar-refractivity contribution in [2.75, 3.05) is 5.73 Å². The second kappa shape index (κ2) is 7.58. The number of alkyl carbamates (subject to hydrolysis) is 1. The summed E-state index contributed by atoms with van der Waals surface area (Å²) in [5.41, 5.74) is 12.1. The number of ether oxygens (including phenoxy) is 1. The van der Waals surface area contributed by atoms with Crippen LogP contribution in [0.25, 0.3) is 33.1 Å². The number of rotatable bonds is 2. The van der Waals surface area contributed by atoms with Crippen LogP contribution in [-0.4, -0.2) is 37.3 Å². The SMILES string of the molecule is C=C1CC(OC(=O)NC(C)(C)C)Cc2c1c(-c1cnc3ccccc3c1)c1c(N)ncnn21. The third-order valence-corrected chi connectivity index (χ3v) is 5.73. The fraction of sp³-hybridized carbons (Fsp3) is 0.280. The van der Waals surface area contributed by atoms with Crippen LogP contribution in [0.2, 0.25) is 0 Å². The molecule has 0 saturated heterocycles. The first-order valence-electron chi connectivity index (χ1n) is 10.9. The van der Waals surface area contributed by atoms with Crippen molar-refractivity contribution in [2.24, 2.45) is 0 Å². The van der Waals surface area contributed by atoms with Gasteiger partial charge in [0.25, 0.3) is 0 Å². The fourth-order valence-electron chi connectivity index (χ4n) is 4.47. The molecule has 8 nitrogen and oxygen atoms in total. The summed E-state index contributed by atoms with van der Waals surface area (Å²) in [4.78, 5) is 21.3. The van der Waals surface area contributed by atoms with Crippen LogP contribution in [-0.2, 0) is 11.2 Å². The maximum absolute atomic E-state index is 12.4. The minimum absolute atomic E-state index is 0.357. The Bertz CT molecular complexity index is 1420. The van der Waals surface area contributed by atoms with Crippen molar-refractivity contribution in [2.45, 2.75) is 45.3 Å². The maximum atomic E-state index is 12.4. The van der Waals surface area contributed by atoms with Crippen molar-refractivity contribution in [3.05, 3.63) is 60.7 Å². The van der Waals surface area contributed by atoms with Crippen LogP contribution in [0.3, 0.4) is 0 Å². The standard InChI is InChI=1S/C25H26N6O2/c1-14-9-17(33-24(32)30-25(2,3)4)11-19-20(14)21(22-23(26)28-13-29-31(19)22)16-10-15-7-5-6-8-18(15)27-12-16/h5-8,10,12-13,17H,1,9,11H2,2-4H3,(H,30,32)(H2,26,28,29). The zero-order chi connectivity index (χ0) is 23.3. The van der Waals surface area contributed by atoms with Gasteiger partial charge < -0.3 is 15.8 Å². The number of nitrogens with zero attached hydrogens (tertiary/aromatic N) is 4. The van der Waals surface area contributed by atoms with Crippen molar-refractivity contribution >= 4 is 33.9 Å². The monoisotopic (exact) mass is 442 g/mol. The van der Waals surface area contributed by atoms with Gasteiger partial charge in [0.15, 0.2) is 5.82 Å².